The van der Waals surface area contributed by atoms with Crippen molar-refractivity contribution in [3.8, 4) is 0 Å². The van der Waals surface area contributed by atoms with Crippen molar-refractivity contribution in [3.63, 3.8) is 0 Å². The molecule has 0 aliphatic carbocycles. The normalized spacial score (nSPS) is 17.7. The maximum atomic E-state index is 11.0. The van der Waals surface area contributed by atoms with E-state index in [9.17, 15) is 4.79 Å². The van der Waals surface area contributed by atoms with Crippen molar-refractivity contribution in [1.29, 1.82) is 5.41 Å². The molecule has 0 atom stereocenters. The molecule has 13 heavy (non-hydrogen) atoms. The standard InChI is InChI=1S/C7H13N3O2S/c1-10-3-5(4-10)12-7(11)9-6(8)13-2/h5H,3-4H2,1-2H3,(H2,8,9,11). The van der Waals surface area contributed by atoms with Gasteiger partial charge in [-0.3, -0.25) is 15.6 Å². The van der Waals surface area contributed by atoms with Gasteiger partial charge in [-0.25, -0.2) is 4.79 Å². The monoisotopic (exact) mass is 203 g/mol. The zero-order valence-corrected chi connectivity index (χ0v) is 8.48. The Morgan fingerprint density at radius 3 is 2.77 bits per heavy atom. The Morgan fingerprint density at radius 2 is 2.31 bits per heavy atom. The molecule has 1 rings (SSSR count). The van der Waals surface area contributed by atoms with E-state index in [0.717, 1.165) is 13.1 Å². The summed E-state index contributed by atoms with van der Waals surface area (Å²) in [6.45, 7) is 1.56. The van der Waals surface area contributed by atoms with Gasteiger partial charge in [0.05, 0.1) is 0 Å². The van der Waals surface area contributed by atoms with E-state index in [0.29, 0.717) is 0 Å². The van der Waals surface area contributed by atoms with Crippen LogP contribution in [-0.2, 0) is 4.74 Å². The molecule has 0 aromatic heterocycles. The molecule has 0 aromatic rings. The summed E-state index contributed by atoms with van der Waals surface area (Å²) in [5, 5.41) is 9.59. The maximum Gasteiger partial charge on any atom is 0.413 e. The Labute approximate surface area is 81.3 Å². The number of likely N-dealkylation sites (N-methyl/N-ethyl adjacent to an activating group) is 1. The number of carbonyl (C=O) groups excluding carboxylic acids is 1. The number of carbonyl (C=O) groups is 1. The Bertz CT molecular complexity index is 216. The summed E-state index contributed by atoms with van der Waals surface area (Å²) in [5.41, 5.74) is 0. The summed E-state index contributed by atoms with van der Waals surface area (Å²) in [6.07, 6.45) is 1.18. The summed E-state index contributed by atoms with van der Waals surface area (Å²) in [7, 11) is 1.96. The molecular formula is C7H13N3O2S. The lowest BCUT2D eigenvalue weighted by Crippen LogP contribution is -2.51. The smallest absolute Gasteiger partial charge is 0.413 e. The van der Waals surface area contributed by atoms with E-state index in [1.54, 1.807) is 6.26 Å². The lowest BCUT2D eigenvalue weighted by atomic mass is 10.2. The van der Waals surface area contributed by atoms with E-state index in [1.165, 1.54) is 11.8 Å². The number of likely N-dealkylation sites (tertiary alicyclic amines) is 1. The van der Waals surface area contributed by atoms with Crippen molar-refractivity contribution < 1.29 is 9.53 Å². The van der Waals surface area contributed by atoms with E-state index in [-0.39, 0.29) is 11.3 Å². The summed E-state index contributed by atoms with van der Waals surface area (Å²) in [6, 6.07) is 0. The number of ether oxygens (including phenoxy) is 1. The number of amides is 1. The summed E-state index contributed by atoms with van der Waals surface area (Å²) in [4.78, 5) is 13.1. The molecule has 1 aliphatic heterocycles. The molecule has 0 radical (unpaired) electrons. The van der Waals surface area contributed by atoms with Gasteiger partial charge in [0, 0.05) is 13.1 Å². The number of alkyl carbamates (subject to hydrolysis) is 1. The molecule has 0 bridgehead atoms. The van der Waals surface area contributed by atoms with E-state index in [4.69, 9.17) is 10.1 Å². The molecule has 5 nitrogen and oxygen atoms in total. The average molecular weight is 203 g/mol. The molecule has 74 valence electrons. The third kappa shape index (κ3) is 3.23. The van der Waals surface area contributed by atoms with Crippen LogP contribution >= 0.6 is 11.8 Å². The highest BCUT2D eigenvalue weighted by Crippen LogP contribution is 2.08. The van der Waals surface area contributed by atoms with Gasteiger partial charge in [-0.2, -0.15) is 0 Å². The van der Waals surface area contributed by atoms with E-state index < -0.39 is 6.09 Å². The van der Waals surface area contributed by atoms with Gasteiger partial charge in [0.1, 0.15) is 6.10 Å². The van der Waals surface area contributed by atoms with Crippen molar-refractivity contribution >= 4 is 23.0 Å². The van der Waals surface area contributed by atoms with Crippen LogP contribution in [0.25, 0.3) is 0 Å². The summed E-state index contributed by atoms with van der Waals surface area (Å²) < 4.78 is 4.98. The molecule has 2 N–H and O–H groups in total. The van der Waals surface area contributed by atoms with Crippen molar-refractivity contribution in [3.05, 3.63) is 0 Å². The van der Waals surface area contributed by atoms with Crippen molar-refractivity contribution in [1.82, 2.24) is 10.2 Å². The van der Waals surface area contributed by atoms with Crippen LogP contribution in [0, 0.1) is 5.41 Å². The van der Waals surface area contributed by atoms with Gasteiger partial charge in [-0.1, -0.05) is 11.8 Å². The summed E-state index contributed by atoms with van der Waals surface area (Å²) >= 11 is 1.17. The minimum absolute atomic E-state index is 0.0142. The Balaban J connectivity index is 2.15. The number of hydrogen-bond donors (Lipinski definition) is 2. The molecule has 0 spiro atoms. The number of thioether (sulfide) groups is 1. The first-order valence-corrected chi connectivity index (χ1v) is 5.13. The van der Waals surface area contributed by atoms with Gasteiger partial charge in [-0.05, 0) is 13.3 Å². The van der Waals surface area contributed by atoms with Crippen LogP contribution in [0.15, 0.2) is 0 Å². The molecular weight excluding hydrogens is 190 g/mol. The fourth-order valence-electron chi connectivity index (χ4n) is 1.04. The molecule has 0 unspecified atom stereocenters. The highest BCUT2D eigenvalue weighted by atomic mass is 32.2. The Kier molecular flexibility index (Phi) is 3.56. The number of nitrogens with one attached hydrogen (secondary N) is 2. The number of nitrogens with zero attached hydrogens (tertiary/aromatic N) is 1. The summed E-state index contributed by atoms with van der Waals surface area (Å²) in [5.74, 6) is 0. The van der Waals surface area contributed by atoms with Crippen LogP contribution in [-0.4, -0.2) is 48.7 Å². The predicted octanol–water partition coefficient (Wildman–Crippen LogP) is 0.324. The van der Waals surface area contributed by atoms with Crippen LogP contribution < -0.4 is 5.32 Å². The highest BCUT2D eigenvalue weighted by Gasteiger charge is 2.26. The molecule has 0 aromatic carbocycles. The minimum atomic E-state index is -0.530. The van der Waals surface area contributed by atoms with Gasteiger partial charge >= 0.3 is 6.09 Å². The number of hydrogen-bond acceptors (Lipinski definition) is 5. The third-order valence-electron chi connectivity index (χ3n) is 1.72. The minimum Gasteiger partial charge on any atom is -0.443 e. The van der Waals surface area contributed by atoms with E-state index >= 15 is 0 Å². The molecule has 1 aliphatic rings. The Hall–Kier alpha value is -0.750. The second-order valence-corrected chi connectivity index (χ2v) is 3.72. The molecule has 1 amide bonds. The predicted molar refractivity (Wildman–Crippen MR) is 52.1 cm³/mol. The fourth-order valence-corrected chi connectivity index (χ4v) is 1.23. The quantitative estimate of drug-likeness (QED) is 0.476. The van der Waals surface area contributed by atoms with Crippen LogP contribution in [0.3, 0.4) is 0 Å². The molecule has 1 heterocycles. The fraction of sp³-hybridized carbons (Fsp3) is 0.714. The van der Waals surface area contributed by atoms with Gasteiger partial charge in [0.25, 0.3) is 0 Å². The van der Waals surface area contributed by atoms with Gasteiger partial charge in [0.15, 0.2) is 5.17 Å². The average Bonchev–Trinajstić information content (AvgIpc) is 2.01. The second kappa shape index (κ2) is 4.48. The number of amidine groups is 1. The van der Waals surface area contributed by atoms with Gasteiger partial charge in [0.2, 0.25) is 0 Å². The largest absolute Gasteiger partial charge is 0.443 e. The first-order valence-electron chi connectivity index (χ1n) is 3.90. The number of rotatable bonds is 1. The van der Waals surface area contributed by atoms with Crippen LogP contribution in [0.4, 0.5) is 4.79 Å². The third-order valence-corrected chi connectivity index (χ3v) is 2.23. The maximum absolute atomic E-state index is 11.0. The van der Waals surface area contributed by atoms with Gasteiger partial charge in [-0.15, -0.1) is 0 Å². The zero-order valence-electron chi connectivity index (χ0n) is 7.66. The van der Waals surface area contributed by atoms with Gasteiger partial charge < -0.3 is 4.74 Å². The van der Waals surface area contributed by atoms with Crippen molar-refractivity contribution in [2.45, 2.75) is 6.10 Å². The lowest BCUT2D eigenvalue weighted by Gasteiger charge is -2.35. The lowest BCUT2D eigenvalue weighted by molar-refractivity contribution is 0.00275. The first-order chi connectivity index (χ1) is 6.11. The molecule has 6 heteroatoms. The molecule has 1 fully saturated rings. The highest BCUT2D eigenvalue weighted by molar-refractivity contribution is 8.13. The first kappa shape index (κ1) is 10.3. The van der Waals surface area contributed by atoms with Crippen LogP contribution in [0.5, 0.6) is 0 Å². The van der Waals surface area contributed by atoms with Crippen LogP contribution in [0.1, 0.15) is 0 Å². The Morgan fingerprint density at radius 1 is 1.69 bits per heavy atom. The topological polar surface area (TPSA) is 65.4 Å². The van der Waals surface area contributed by atoms with Crippen molar-refractivity contribution in [2.24, 2.45) is 0 Å². The van der Waals surface area contributed by atoms with Crippen molar-refractivity contribution in [2.75, 3.05) is 26.4 Å². The van der Waals surface area contributed by atoms with E-state index in [2.05, 4.69) is 10.2 Å². The van der Waals surface area contributed by atoms with E-state index in [1.807, 2.05) is 7.05 Å². The zero-order chi connectivity index (χ0) is 9.84. The molecule has 0 saturated carbocycles. The SMILES string of the molecule is CSC(=N)NC(=O)OC1CN(C)C1. The molecule has 1 saturated heterocycles. The van der Waals surface area contributed by atoms with Crippen LogP contribution in [0.2, 0.25) is 0 Å². The second-order valence-electron chi connectivity index (χ2n) is 2.91.